The first-order chi connectivity index (χ1) is 7.81. The number of hydrogen-bond donors (Lipinski definition) is 0. The van der Waals surface area contributed by atoms with Crippen LogP contribution in [-0.2, 0) is 0 Å². The third kappa shape index (κ3) is 2.38. The van der Waals surface area contributed by atoms with E-state index in [2.05, 4.69) is 10.1 Å². The number of nitroso groups, excluding NO2 is 1. The van der Waals surface area contributed by atoms with E-state index in [-0.39, 0.29) is 11.5 Å². The molecule has 2 rings (SSSR count). The fourth-order valence-corrected chi connectivity index (χ4v) is 2.12. The predicted molar refractivity (Wildman–Crippen MR) is 62.5 cm³/mol. The van der Waals surface area contributed by atoms with Crippen molar-refractivity contribution in [2.24, 2.45) is 5.18 Å². The minimum atomic E-state index is -0.348. The Morgan fingerprint density at radius 2 is 1.81 bits per heavy atom. The Bertz CT molecular complexity index is 373. The zero-order chi connectivity index (χ0) is 11.4. The van der Waals surface area contributed by atoms with Gasteiger partial charge in [0, 0.05) is 19.2 Å². The maximum absolute atomic E-state index is 13.7. The molecule has 1 saturated heterocycles. The van der Waals surface area contributed by atoms with Gasteiger partial charge < -0.3 is 4.90 Å². The molecule has 1 aromatic rings. The Balaban J connectivity index is 2.21. The van der Waals surface area contributed by atoms with Crippen molar-refractivity contribution in [2.45, 2.75) is 25.7 Å². The Morgan fingerprint density at radius 1 is 1.12 bits per heavy atom. The van der Waals surface area contributed by atoms with Crippen molar-refractivity contribution in [3.05, 3.63) is 28.9 Å². The molecular formula is C12H15FN2O. The summed E-state index contributed by atoms with van der Waals surface area (Å²) in [5.74, 6) is -0.348. The minimum Gasteiger partial charge on any atom is -0.369 e. The molecule has 0 amide bonds. The maximum Gasteiger partial charge on any atom is 0.148 e. The van der Waals surface area contributed by atoms with E-state index >= 15 is 0 Å². The van der Waals surface area contributed by atoms with Crippen LogP contribution in [0.3, 0.4) is 0 Å². The molecule has 3 nitrogen and oxygen atoms in total. The molecule has 4 heteroatoms. The van der Waals surface area contributed by atoms with Crippen LogP contribution in [0.2, 0.25) is 0 Å². The van der Waals surface area contributed by atoms with Gasteiger partial charge in [-0.2, -0.15) is 0 Å². The van der Waals surface area contributed by atoms with Gasteiger partial charge in [0.05, 0.1) is 5.69 Å². The normalized spacial score (nSPS) is 16.9. The zero-order valence-corrected chi connectivity index (χ0v) is 9.16. The van der Waals surface area contributed by atoms with Gasteiger partial charge in [-0.1, -0.05) is 12.8 Å². The molecule has 0 radical (unpaired) electrons. The Labute approximate surface area is 94.2 Å². The van der Waals surface area contributed by atoms with Crippen LogP contribution in [0.5, 0.6) is 0 Å². The first-order valence-corrected chi connectivity index (χ1v) is 5.69. The van der Waals surface area contributed by atoms with Crippen molar-refractivity contribution in [1.29, 1.82) is 0 Å². The molecule has 1 heterocycles. The molecule has 1 fully saturated rings. The molecule has 0 aromatic heterocycles. The number of anilines is 1. The van der Waals surface area contributed by atoms with Gasteiger partial charge >= 0.3 is 0 Å². The molecule has 0 atom stereocenters. The van der Waals surface area contributed by atoms with E-state index in [1.807, 2.05) is 0 Å². The van der Waals surface area contributed by atoms with Crippen LogP contribution in [0.4, 0.5) is 15.8 Å². The highest BCUT2D eigenvalue weighted by Crippen LogP contribution is 2.26. The summed E-state index contributed by atoms with van der Waals surface area (Å²) in [6.45, 7) is 1.79. The molecule has 0 spiro atoms. The second-order valence-corrected chi connectivity index (χ2v) is 4.13. The maximum atomic E-state index is 13.7. The molecule has 16 heavy (non-hydrogen) atoms. The first-order valence-electron chi connectivity index (χ1n) is 5.69. The van der Waals surface area contributed by atoms with Crippen molar-refractivity contribution in [3.63, 3.8) is 0 Å². The van der Waals surface area contributed by atoms with Gasteiger partial charge in [0.25, 0.3) is 0 Å². The van der Waals surface area contributed by atoms with Crippen LogP contribution in [0.15, 0.2) is 23.4 Å². The van der Waals surface area contributed by atoms with Crippen molar-refractivity contribution in [2.75, 3.05) is 18.0 Å². The number of hydrogen-bond acceptors (Lipinski definition) is 3. The predicted octanol–water partition coefficient (Wildman–Crippen LogP) is 3.60. The van der Waals surface area contributed by atoms with Gasteiger partial charge in [0.2, 0.25) is 0 Å². The second kappa shape index (κ2) is 5.05. The molecule has 0 bridgehead atoms. The van der Waals surface area contributed by atoms with Crippen molar-refractivity contribution >= 4 is 11.4 Å². The smallest absolute Gasteiger partial charge is 0.148 e. The lowest BCUT2D eigenvalue weighted by Crippen LogP contribution is -2.24. The quantitative estimate of drug-likeness (QED) is 0.716. The molecule has 86 valence electrons. The summed E-state index contributed by atoms with van der Waals surface area (Å²) in [5, 5.41) is 2.73. The highest BCUT2D eigenvalue weighted by atomic mass is 19.1. The standard InChI is InChI=1S/C12H15FN2O/c13-11-9-10(14-16)5-6-12(11)15-7-3-1-2-4-8-15/h5-6,9H,1-4,7-8H2. The van der Waals surface area contributed by atoms with E-state index in [4.69, 9.17) is 0 Å². The van der Waals surface area contributed by atoms with Crippen molar-refractivity contribution < 1.29 is 4.39 Å². The summed E-state index contributed by atoms with van der Waals surface area (Å²) in [6, 6.07) is 4.42. The SMILES string of the molecule is O=Nc1ccc(N2CCCCCC2)c(F)c1. The summed E-state index contributed by atoms with van der Waals surface area (Å²) in [7, 11) is 0. The third-order valence-electron chi connectivity index (χ3n) is 2.98. The van der Waals surface area contributed by atoms with Crippen LogP contribution in [0.25, 0.3) is 0 Å². The van der Waals surface area contributed by atoms with Crippen LogP contribution in [0.1, 0.15) is 25.7 Å². The summed E-state index contributed by atoms with van der Waals surface area (Å²) in [6.07, 6.45) is 4.64. The summed E-state index contributed by atoms with van der Waals surface area (Å²) < 4.78 is 13.7. The summed E-state index contributed by atoms with van der Waals surface area (Å²) >= 11 is 0. The highest BCUT2D eigenvalue weighted by molar-refractivity contribution is 5.54. The molecule has 0 aliphatic carbocycles. The topological polar surface area (TPSA) is 32.7 Å². The van der Waals surface area contributed by atoms with Crippen molar-refractivity contribution in [3.8, 4) is 0 Å². The van der Waals surface area contributed by atoms with E-state index in [1.165, 1.54) is 18.9 Å². The molecular weight excluding hydrogens is 207 g/mol. The molecule has 1 aromatic carbocycles. The van der Waals surface area contributed by atoms with Gasteiger partial charge in [-0.15, -0.1) is 4.91 Å². The monoisotopic (exact) mass is 222 g/mol. The molecule has 0 N–H and O–H groups in total. The first kappa shape index (κ1) is 11.0. The lowest BCUT2D eigenvalue weighted by atomic mass is 10.2. The van der Waals surface area contributed by atoms with Crippen LogP contribution < -0.4 is 4.90 Å². The average Bonchev–Trinajstić information content (AvgIpc) is 2.57. The molecule has 1 aliphatic rings. The Hall–Kier alpha value is -1.45. The zero-order valence-electron chi connectivity index (χ0n) is 9.16. The van der Waals surface area contributed by atoms with Gasteiger partial charge in [-0.05, 0) is 30.2 Å². The van der Waals surface area contributed by atoms with Crippen LogP contribution in [-0.4, -0.2) is 13.1 Å². The van der Waals surface area contributed by atoms with Gasteiger partial charge in [-0.25, -0.2) is 4.39 Å². The number of nitrogens with zero attached hydrogens (tertiary/aromatic N) is 2. The molecule has 0 unspecified atom stereocenters. The average molecular weight is 222 g/mol. The third-order valence-corrected chi connectivity index (χ3v) is 2.98. The number of benzene rings is 1. The van der Waals surface area contributed by atoms with Gasteiger partial charge in [0.1, 0.15) is 11.5 Å². The minimum absolute atomic E-state index is 0.149. The largest absolute Gasteiger partial charge is 0.369 e. The Kier molecular flexibility index (Phi) is 3.49. The lowest BCUT2D eigenvalue weighted by molar-refractivity contribution is 0.617. The molecule has 1 aliphatic heterocycles. The van der Waals surface area contributed by atoms with E-state index in [0.29, 0.717) is 5.69 Å². The van der Waals surface area contributed by atoms with E-state index in [0.717, 1.165) is 25.9 Å². The second-order valence-electron chi connectivity index (χ2n) is 4.13. The molecule has 0 saturated carbocycles. The van der Waals surface area contributed by atoms with Gasteiger partial charge in [-0.3, -0.25) is 0 Å². The van der Waals surface area contributed by atoms with Crippen molar-refractivity contribution in [1.82, 2.24) is 0 Å². The highest BCUT2D eigenvalue weighted by Gasteiger charge is 2.14. The lowest BCUT2D eigenvalue weighted by Gasteiger charge is -2.23. The van der Waals surface area contributed by atoms with E-state index in [1.54, 1.807) is 12.1 Å². The van der Waals surface area contributed by atoms with E-state index < -0.39 is 0 Å². The van der Waals surface area contributed by atoms with E-state index in [9.17, 15) is 9.30 Å². The Morgan fingerprint density at radius 3 is 2.38 bits per heavy atom. The number of rotatable bonds is 2. The fourth-order valence-electron chi connectivity index (χ4n) is 2.12. The summed E-state index contributed by atoms with van der Waals surface area (Å²) in [5.41, 5.74) is 0.741. The van der Waals surface area contributed by atoms with Gasteiger partial charge in [0.15, 0.2) is 0 Å². The van der Waals surface area contributed by atoms with Crippen LogP contribution >= 0.6 is 0 Å². The summed E-state index contributed by atoms with van der Waals surface area (Å²) in [4.78, 5) is 12.3. The fraction of sp³-hybridized carbons (Fsp3) is 0.500. The number of halogens is 1. The van der Waals surface area contributed by atoms with Crippen LogP contribution in [0, 0.1) is 10.7 Å².